The minimum Gasteiger partial charge on any atom is -0.454 e. The van der Waals surface area contributed by atoms with Crippen molar-refractivity contribution in [3.05, 3.63) is 51.7 Å². The summed E-state index contributed by atoms with van der Waals surface area (Å²) in [6, 6.07) is 9.85. The second kappa shape index (κ2) is 10.3. The molecule has 2 aromatic rings. The molecule has 1 aromatic carbocycles. The van der Waals surface area contributed by atoms with Crippen LogP contribution in [0.5, 0.6) is 0 Å². The van der Waals surface area contributed by atoms with Gasteiger partial charge in [0.2, 0.25) is 5.91 Å². The van der Waals surface area contributed by atoms with E-state index in [-0.39, 0.29) is 12.5 Å². The van der Waals surface area contributed by atoms with Gasteiger partial charge in [-0.05, 0) is 29.6 Å². The second-order valence-electron chi connectivity index (χ2n) is 5.16. The van der Waals surface area contributed by atoms with E-state index in [9.17, 15) is 19.2 Å². The van der Waals surface area contributed by atoms with E-state index in [1.165, 1.54) is 11.3 Å². The molecule has 142 valence electrons. The quantitative estimate of drug-likeness (QED) is 0.571. The van der Waals surface area contributed by atoms with Crippen LogP contribution in [0.1, 0.15) is 9.67 Å². The molecule has 1 heterocycles. The van der Waals surface area contributed by atoms with E-state index in [1.54, 1.807) is 41.8 Å². The fourth-order valence-corrected chi connectivity index (χ4v) is 2.68. The maximum absolute atomic E-state index is 11.7. The number of thiophene rings is 1. The van der Waals surface area contributed by atoms with Crippen LogP contribution in [0.4, 0.5) is 5.69 Å². The van der Waals surface area contributed by atoms with Crippen molar-refractivity contribution in [1.29, 1.82) is 0 Å². The summed E-state index contributed by atoms with van der Waals surface area (Å²) < 4.78 is 4.76. The Kier molecular flexibility index (Phi) is 7.78. The van der Waals surface area contributed by atoms with Crippen LogP contribution in [0.2, 0.25) is 5.02 Å². The Bertz CT molecular complexity index is 826. The van der Waals surface area contributed by atoms with Crippen molar-refractivity contribution < 1.29 is 23.9 Å². The highest BCUT2D eigenvalue weighted by atomic mass is 35.5. The fourth-order valence-electron chi connectivity index (χ4n) is 1.85. The Balaban J connectivity index is 1.61. The number of anilines is 1. The number of esters is 1. The fraction of sp³-hybridized carbons (Fsp3) is 0.176. The summed E-state index contributed by atoms with van der Waals surface area (Å²) in [6.45, 7) is -1.20. The van der Waals surface area contributed by atoms with Crippen LogP contribution in [0.25, 0.3) is 0 Å². The van der Waals surface area contributed by atoms with Crippen LogP contribution >= 0.6 is 22.9 Å². The van der Waals surface area contributed by atoms with Crippen LogP contribution in [-0.2, 0) is 19.1 Å². The summed E-state index contributed by atoms with van der Waals surface area (Å²) in [5.41, 5.74) is 0.471. The van der Waals surface area contributed by atoms with Crippen molar-refractivity contribution >= 4 is 52.3 Å². The minimum atomic E-state index is -0.783. The van der Waals surface area contributed by atoms with Gasteiger partial charge in [-0.2, -0.15) is 0 Å². The molecule has 0 aliphatic rings. The molecule has 0 bridgehead atoms. The van der Waals surface area contributed by atoms with Gasteiger partial charge >= 0.3 is 5.97 Å². The zero-order chi connectivity index (χ0) is 19.6. The summed E-state index contributed by atoms with van der Waals surface area (Å²) in [5.74, 6) is -2.25. The van der Waals surface area contributed by atoms with Gasteiger partial charge in [-0.15, -0.1) is 11.3 Å². The monoisotopic (exact) mass is 409 g/mol. The highest BCUT2D eigenvalue weighted by Gasteiger charge is 2.12. The lowest BCUT2D eigenvalue weighted by Crippen LogP contribution is -2.39. The average molecular weight is 410 g/mol. The van der Waals surface area contributed by atoms with Gasteiger partial charge < -0.3 is 20.7 Å². The number of hydrogen-bond donors (Lipinski definition) is 3. The predicted molar refractivity (Wildman–Crippen MR) is 101 cm³/mol. The van der Waals surface area contributed by atoms with Gasteiger partial charge in [0.1, 0.15) is 6.54 Å². The second-order valence-corrected chi connectivity index (χ2v) is 6.54. The van der Waals surface area contributed by atoms with Gasteiger partial charge in [0.25, 0.3) is 11.8 Å². The Morgan fingerprint density at radius 3 is 2.52 bits per heavy atom. The highest BCUT2D eigenvalue weighted by Crippen LogP contribution is 2.14. The average Bonchev–Trinajstić information content (AvgIpc) is 3.17. The number of carbonyl (C=O) groups is 4. The molecule has 27 heavy (non-hydrogen) atoms. The molecule has 0 unspecified atom stereocenters. The Morgan fingerprint density at radius 2 is 1.81 bits per heavy atom. The normalized spacial score (nSPS) is 9.96. The molecular formula is C17H16ClN3O5S. The maximum Gasteiger partial charge on any atom is 0.325 e. The standard InChI is InChI=1S/C17H16ClN3O5S/c18-11-3-1-4-12(7-11)21-15(23)10-26-16(24)9-19-14(22)8-20-17(25)13-5-2-6-27-13/h1-7H,8-10H2,(H,19,22)(H,20,25)(H,21,23). The molecule has 0 fully saturated rings. The predicted octanol–water partition coefficient (Wildman–Crippen LogP) is 1.43. The molecule has 0 atom stereocenters. The van der Waals surface area contributed by atoms with Crippen molar-refractivity contribution in [3.8, 4) is 0 Å². The molecular weight excluding hydrogens is 394 g/mol. The van der Waals surface area contributed by atoms with Crippen LogP contribution in [0.15, 0.2) is 41.8 Å². The molecule has 8 nitrogen and oxygen atoms in total. The molecule has 0 aliphatic heterocycles. The van der Waals surface area contributed by atoms with E-state index < -0.39 is 30.9 Å². The third-order valence-electron chi connectivity index (χ3n) is 3.06. The lowest BCUT2D eigenvalue weighted by atomic mass is 10.3. The molecule has 0 radical (unpaired) electrons. The summed E-state index contributed by atoms with van der Waals surface area (Å²) in [7, 11) is 0. The lowest BCUT2D eigenvalue weighted by molar-refractivity contribution is -0.147. The first-order valence-corrected chi connectivity index (χ1v) is 8.99. The molecule has 3 N–H and O–H groups in total. The summed E-state index contributed by atoms with van der Waals surface area (Å²) in [6.07, 6.45) is 0. The first kappa shape index (κ1) is 20.4. The number of benzene rings is 1. The van der Waals surface area contributed by atoms with E-state index in [1.807, 2.05) is 0 Å². The van der Waals surface area contributed by atoms with Crippen molar-refractivity contribution in [2.45, 2.75) is 0 Å². The Morgan fingerprint density at radius 1 is 1.00 bits per heavy atom. The molecule has 0 saturated heterocycles. The van der Waals surface area contributed by atoms with Gasteiger partial charge in [-0.25, -0.2) is 0 Å². The van der Waals surface area contributed by atoms with Crippen LogP contribution in [0.3, 0.4) is 0 Å². The van der Waals surface area contributed by atoms with E-state index in [0.29, 0.717) is 15.6 Å². The van der Waals surface area contributed by atoms with Crippen molar-refractivity contribution in [2.24, 2.45) is 0 Å². The number of nitrogens with one attached hydrogen (secondary N) is 3. The maximum atomic E-state index is 11.7. The van der Waals surface area contributed by atoms with Crippen molar-refractivity contribution in [1.82, 2.24) is 10.6 Å². The zero-order valence-electron chi connectivity index (χ0n) is 14.0. The van der Waals surface area contributed by atoms with Gasteiger partial charge in [-0.3, -0.25) is 19.2 Å². The van der Waals surface area contributed by atoms with Gasteiger partial charge in [-0.1, -0.05) is 23.7 Å². The van der Waals surface area contributed by atoms with E-state index >= 15 is 0 Å². The largest absolute Gasteiger partial charge is 0.454 e. The van der Waals surface area contributed by atoms with Crippen LogP contribution < -0.4 is 16.0 Å². The van der Waals surface area contributed by atoms with Gasteiger partial charge in [0, 0.05) is 10.7 Å². The van der Waals surface area contributed by atoms with E-state index in [0.717, 1.165) is 0 Å². The van der Waals surface area contributed by atoms with Gasteiger partial charge in [0.05, 0.1) is 11.4 Å². The van der Waals surface area contributed by atoms with E-state index in [4.69, 9.17) is 16.3 Å². The third kappa shape index (κ3) is 7.47. The summed E-state index contributed by atoms with van der Waals surface area (Å²) >= 11 is 7.05. The molecule has 2 rings (SSSR count). The first-order valence-electron chi connectivity index (χ1n) is 7.73. The zero-order valence-corrected chi connectivity index (χ0v) is 15.6. The first-order chi connectivity index (χ1) is 12.9. The molecule has 1 aromatic heterocycles. The number of rotatable bonds is 8. The number of ether oxygens (including phenoxy) is 1. The van der Waals surface area contributed by atoms with Crippen molar-refractivity contribution in [3.63, 3.8) is 0 Å². The summed E-state index contributed by atoms with van der Waals surface area (Å²) in [5, 5.41) is 9.43. The minimum absolute atomic E-state index is 0.279. The smallest absolute Gasteiger partial charge is 0.325 e. The SMILES string of the molecule is O=C(CNC(=O)c1cccs1)NCC(=O)OCC(=O)Nc1cccc(Cl)c1. The third-order valence-corrected chi connectivity index (χ3v) is 4.16. The number of amides is 3. The molecule has 0 spiro atoms. The highest BCUT2D eigenvalue weighted by molar-refractivity contribution is 7.12. The number of hydrogen-bond acceptors (Lipinski definition) is 6. The Hall–Kier alpha value is -2.91. The molecule has 0 aliphatic carbocycles. The van der Waals surface area contributed by atoms with Crippen LogP contribution in [0, 0.1) is 0 Å². The Labute approximate surface area is 163 Å². The lowest BCUT2D eigenvalue weighted by Gasteiger charge is -2.08. The number of halogens is 1. The summed E-state index contributed by atoms with van der Waals surface area (Å²) in [4.78, 5) is 47.0. The van der Waals surface area contributed by atoms with E-state index in [2.05, 4.69) is 16.0 Å². The van der Waals surface area contributed by atoms with Crippen molar-refractivity contribution in [2.75, 3.05) is 25.0 Å². The molecule has 3 amide bonds. The number of carbonyl (C=O) groups excluding carboxylic acids is 4. The van der Waals surface area contributed by atoms with Gasteiger partial charge in [0.15, 0.2) is 6.61 Å². The topological polar surface area (TPSA) is 114 Å². The molecule has 10 heteroatoms. The molecule has 0 saturated carbocycles. The van der Waals surface area contributed by atoms with Crippen LogP contribution in [-0.4, -0.2) is 43.4 Å².